The lowest BCUT2D eigenvalue weighted by Gasteiger charge is -2.23. The predicted molar refractivity (Wildman–Crippen MR) is 117 cm³/mol. The fraction of sp³-hybridized carbons (Fsp3) is 0.261. The Morgan fingerprint density at radius 2 is 2.07 bits per heavy atom. The minimum absolute atomic E-state index is 0.0104. The second kappa shape index (κ2) is 7.74. The first-order valence-corrected chi connectivity index (χ1v) is 10.8. The van der Waals surface area contributed by atoms with Crippen LogP contribution in [0.4, 0.5) is 9.52 Å². The van der Waals surface area contributed by atoms with Gasteiger partial charge in [0, 0.05) is 18.1 Å². The molecule has 7 heteroatoms. The van der Waals surface area contributed by atoms with Gasteiger partial charge in [0.15, 0.2) is 5.13 Å². The van der Waals surface area contributed by atoms with Gasteiger partial charge in [-0.1, -0.05) is 23.5 Å². The fourth-order valence-corrected chi connectivity index (χ4v) is 4.79. The Morgan fingerprint density at radius 1 is 1.20 bits per heavy atom. The van der Waals surface area contributed by atoms with Crippen LogP contribution in [0.1, 0.15) is 28.9 Å². The van der Waals surface area contributed by atoms with Gasteiger partial charge in [0.25, 0.3) is 5.91 Å². The monoisotopic (exact) mass is 421 g/mol. The maximum absolute atomic E-state index is 13.7. The minimum atomic E-state index is -0.344. The van der Waals surface area contributed by atoms with Gasteiger partial charge < -0.3 is 4.74 Å². The number of halogens is 1. The first-order chi connectivity index (χ1) is 14.6. The van der Waals surface area contributed by atoms with Crippen molar-refractivity contribution in [1.29, 1.82) is 0 Å². The van der Waals surface area contributed by atoms with Crippen molar-refractivity contribution in [2.75, 3.05) is 18.1 Å². The molecule has 30 heavy (non-hydrogen) atoms. The molecule has 152 valence electrons. The summed E-state index contributed by atoms with van der Waals surface area (Å²) in [5.41, 5.74) is 2.46. The molecule has 0 spiro atoms. The highest BCUT2D eigenvalue weighted by Crippen LogP contribution is 2.31. The lowest BCUT2D eigenvalue weighted by Crippen LogP contribution is -2.38. The predicted octanol–water partition coefficient (Wildman–Crippen LogP) is 5.12. The first-order valence-electron chi connectivity index (χ1n) is 9.94. The highest BCUT2D eigenvalue weighted by Gasteiger charge is 2.28. The zero-order valence-electron chi connectivity index (χ0n) is 16.5. The summed E-state index contributed by atoms with van der Waals surface area (Å²) in [4.78, 5) is 24.5. The third-order valence-corrected chi connectivity index (χ3v) is 6.43. The quantitative estimate of drug-likeness (QED) is 0.459. The van der Waals surface area contributed by atoms with Gasteiger partial charge in [0.1, 0.15) is 5.82 Å². The van der Waals surface area contributed by atoms with E-state index in [1.54, 1.807) is 24.0 Å². The summed E-state index contributed by atoms with van der Waals surface area (Å²) < 4.78 is 20.4. The van der Waals surface area contributed by atoms with Gasteiger partial charge in [-0.3, -0.25) is 14.7 Å². The highest BCUT2D eigenvalue weighted by atomic mass is 32.1. The zero-order chi connectivity index (χ0) is 20.7. The van der Waals surface area contributed by atoms with Crippen molar-refractivity contribution < 1.29 is 13.9 Å². The van der Waals surface area contributed by atoms with Crippen molar-refractivity contribution in [3.63, 3.8) is 0 Å². The number of nitrogens with zero attached hydrogens (tertiary/aromatic N) is 3. The van der Waals surface area contributed by atoms with E-state index < -0.39 is 0 Å². The molecule has 2 aromatic carbocycles. The number of pyridine rings is 1. The Labute approximate surface area is 177 Å². The molecule has 3 heterocycles. The molecule has 2 aromatic heterocycles. The standard InChI is InChI=1S/C23H20FN3O2S/c1-14-18(11-15-8-9-16(24)12-20(15)25-14)22(28)27(13-17-5-4-10-29-17)23-26-19-6-2-3-7-21(19)30-23/h2-3,6-9,11-12,17H,4-5,10,13H2,1H3/t17-/m1/s1. The number of hydrogen-bond acceptors (Lipinski definition) is 5. The van der Waals surface area contributed by atoms with E-state index >= 15 is 0 Å². The van der Waals surface area contributed by atoms with E-state index in [1.807, 2.05) is 24.3 Å². The first kappa shape index (κ1) is 19.1. The number of fused-ring (bicyclic) bond motifs is 2. The van der Waals surface area contributed by atoms with Gasteiger partial charge in [0.2, 0.25) is 0 Å². The molecule has 1 aliphatic rings. The maximum atomic E-state index is 13.7. The molecule has 1 amide bonds. The molecule has 5 rings (SSSR count). The molecule has 0 aliphatic carbocycles. The van der Waals surface area contributed by atoms with E-state index in [-0.39, 0.29) is 17.8 Å². The summed E-state index contributed by atoms with van der Waals surface area (Å²) in [5, 5.41) is 1.38. The van der Waals surface area contributed by atoms with Crippen LogP contribution in [-0.4, -0.2) is 35.1 Å². The number of carbonyl (C=O) groups excluding carboxylic acids is 1. The van der Waals surface area contributed by atoms with Crippen molar-refractivity contribution in [3.05, 3.63) is 65.6 Å². The molecule has 0 N–H and O–H groups in total. The lowest BCUT2D eigenvalue weighted by molar-refractivity contribution is 0.0916. The molecular weight excluding hydrogens is 401 g/mol. The van der Waals surface area contributed by atoms with Crippen LogP contribution in [-0.2, 0) is 4.74 Å². The number of carbonyl (C=O) groups is 1. The Bertz CT molecular complexity index is 1220. The van der Waals surface area contributed by atoms with Gasteiger partial charge in [-0.15, -0.1) is 0 Å². The third-order valence-electron chi connectivity index (χ3n) is 5.37. The second-order valence-electron chi connectivity index (χ2n) is 7.47. The van der Waals surface area contributed by atoms with Crippen LogP contribution in [0.15, 0.2) is 48.5 Å². The van der Waals surface area contributed by atoms with Crippen molar-refractivity contribution in [2.45, 2.75) is 25.9 Å². The number of benzene rings is 2. The smallest absolute Gasteiger partial charge is 0.262 e. The molecule has 0 saturated carbocycles. The summed E-state index contributed by atoms with van der Waals surface area (Å²) in [7, 11) is 0. The summed E-state index contributed by atoms with van der Waals surface area (Å²) in [5.74, 6) is -0.510. The Kier molecular flexibility index (Phi) is 4.92. The summed E-state index contributed by atoms with van der Waals surface area (Å²) in [6, 6.07) is 14.1. The van der Waals surface area contributed by atoms with Gasteiger partial charge in [-0.2, -0.15) is 0 Å². The largest absolute Gasteiger partial charge is 0.376 e. The van der Waals surface area contributed by atoms with Crippen LogP contribution in [0.3, 0.4) is 0 Å². The van der Waals surface area contributed by atoms with Gasteiger partial charge >= 0.3 is 0 Å². The number of thiazole rings is 1. The molecule has 1 saturated heterocycles. The molecule has 0 unspecified atom stereocenters. The van der Waals surface area contributed by atoms with Gasteiger partial charge in [-0.05, 0) is 50.1 Å². The number of aryl methyl sites for hydroxylation is 1. The van der Waals surface area contributed by atoms with Crippen LogP contribution in [0.25, 0.3) is 21.1 Å². The lowest BCUT2D eigenvalue weighted by atomic mass is 10.1. The molecule has 4 aromatic rings. The zero-order valence-corrected chi connectivity index (χ0v) is 17.3. The van der Waals surface area contributed by atoms with E-state index in [1.165, 1.54) is 23.5 Å². The molecule has 1 aliphatic heterocycles. The van der Waals surface area contributed by atoms with E-state index in [4.69, 9.17) is 9.72 Å². The third kappa shape index (κ3) is 3.55. The van der Waals surface area contributed by atoms with E-state index in [2.05, 4.69) is 4.98 Å². The summed E-state index contributed by atoms with van der Waals surface area (Å²) >= 11 is 1.49. The molecule has 1 fully saturated rings. The van der Waals surface area contributed by atoms with Crippen LogP contribution < -0.4 is 4.90 Å². The van der Waals surface area contributed by atoms with Crippen LogP contribution in [0, 0.1) is 12.7 Å². The highest BCUT2D eigenvalue weighted by molar-refractivity contribution is 7.22. The number of amides is 1. The number of rotatable bonds is 4. The average molecular weight is 421 g/mol. The van der Waals surface area contributed by atoms with Gasteiger partial charge in [0.05, 0.1) is 39.6 Å². The minimum Gasteiger partial charge on any atom is -0.376 e. The SMILES string of the molecule is Cc1nc2cc(F)ccc2cc1C(=O)N(C[C@H]1CCCO1)c1nc2ccccc2s1. The second-order valence-corrected chi connectivity index (χ2v) is 8.48. The molecule has 1 atom stereocenters. The molecule has 5 nitrogen and oxygen atoms in total. The Balaban J connectivity index is 1.57. The molecular formula is C23H20FN3O2S. The fourth-order valence-electron chi connectivity index (χ4n) is 3.81. The van der Waals surface area contributed by atoms with Crippen LogP contribution in [0.5, 0.6) is 0 Å². The van der Waals surface area contributed by atoms with Crippen molar-refractivity contribution in [2.24, 2.45) is 0 Å². The van der Waals surface area contributed by atoms with E-state index in [0.717, 1.165) is 28.4 Å². The van der Waals surface area contributed by atoms with Crippen molar-refractivity contribution in [1.82, 2.24) is 9.97 Å². The Morgan fingerprint density at radius 3 is 2.87 bits per heavy atom. The number of para-hydroxylation sites is 1. The number of anilines is 1. The molecule has 0 bridgehead atoms. The van der Waals surface area contributed by atoms with Gasteiger partial charge in [-0.25, -0.2) is 9.37 Å². The number of ether oxygens (including phenoxy) is 1. The van der Waals surface area contributed by atoms with Crippen LogP contribution >= 0.6 is 11.3 Å². The van der Waals surface area contributed by atoms with E-state index in [0.29, 0.717) is 35.1 Å². The van der Waals surface area contributed by atoms with Crippen LogP contribution in [0.2, 0.25) is 0 Å². The number of aromatic nitrogens is 2. The topological polar surface area (TPSA) is 55.3 Å². The summed E-state index contributed by atoms with van der Waals surface area (Å²) in [6.07, 6.45) is 1.90. The average Bonchev–Trinajstić information content (AvgIpc) is 3.40. The maximum Gasteiger partial charge on any atom is 0.262 e. The molecule has 0 radical (unpaired) electrons. The normalized spacial score (nSPS) is 16.4. The van der Waals surface area contributed by atoms with E-state index in [9.17, 15) is 9.18 Å². The number of hydrogen-bond donors (Lipinski definition) is 0. The Hall–Kier alpha value is -2.90. The van der Waals surface area contributed by atoms with Crippen molar-refractivity contribution in [3.8, 4) is 0 Å². The summed E-state index contributed by atoms with van der Waals surface area (Å²) in [6.45, 7) is 2.94. The van der Waals surface area contributed by atoms with Crippen molar-refractivity contribution >= 4 is 43.5 Å².